The Kier molecular flexibility index (Phi) is 5.93. The Balaban J connectivity index is 0. The number of carbonyl (C=O) groups is 2. The Morgan fingerprint density at radius 1 is 1.30 bits per heavy atom. The Hall–Kier alpha value is -0.840. The monoisotopic (exact) mass is 210 g/mol. The lowest BCUT2D eigenvalue weighted by Gasteiger charge is -1.86. The number of carboxylic acid groups (broad SMARTS) is 2. The normalized spacial score (nSPS) is 9.90. The van der Waals surface area contributed by atoms with E-state index < -0.39 is 11.9 Å². The summed E-state index contributed by atoms with van der Waals surface area (Å²) in [5.74, 6) is -2.45. The molecule has 0 aromatic heterocycles. The first kappa shape index (κ1) is 11.9. The van der Waals surface area contributed by atoms with Crippen molar-refractivity contribution < 1.29 is 19.8 Å². The van der Waals surface area contributed by atoms with Gasteiger partial charge in [-0.05, 0) is 6.92 Å². The van der Waals surface area contributed by atoms with Crippen LogP contribution in [-0.4, -0.2) is 22.2 Å². The Morgan fingerprint density at radius 2 is 1.70 bits per heavy atom. The van der Waals surface area contributed by atoms with E-state index in [1.807, 2.05) is 0 Å². The molecule has 0 fully saturated rings. The van der Waals surface area contributed by atoms with Gasteiger partial charge in [0.25, 0.3) is 0 Å². The molecule has 0 radical (unpaired) electrons. The van der Waals surface area contributed by atoms with Gasteiger partial charge in [-0.2, -0.15) is 0 Å². The average Bonchev–Trinajstić information content (AvgIpc) is 1.63. The maximum atomic E-state index is 9.90. The van der Waals surface area contributed by atoms with Crippen molar-refractivity contribution >= 4 is 28.9 Å². The number of carboxylic acids is 2. The topological polar surface area (TPSA) is 74.6 Å². The summed E-state index contributed by atoms with van der Waals surface area (Å²) in [6, 6.07) is 0. The van der Waals surface area contributed by atoms with Crippen LogP contribution in [0.1, 0.15) is 6.92 Å². The minimum absolute atomic E-state index is 0. The molecule has 0 aliphatic rings. The van der Waals surface area contributed by atoms with Crippen LogP contribution < -0.4 is 0 Å². The lowest BCUT2D eigenvalue weighted by Crippen LogP contribution is -1.99. The van der Waals surface area contributed by atoms with E-state index in [0.29, 0.717) is 6.08 Å². The van der Waals surface area contributed by atoms with Gasteiger partial charge in [0.2, 0.25) is 0 Å². The molecule has 0 heterocycles. The first-order chi connectivity index (χ1) is 4.04. The van der Waals surface area contributed by atoms with Crippen LogP contribution in [0, 0.1) is 0 Å². The zero-order valence-electron chi connectivity index (χ0n) is 5.20. The van der Waals surface area contributed by atoms with Crippen LogP contribution >= 0.6 is 17.0 Å². The number of halogens is 1. The first-order valence-electron chi connectivity index (χ1n) is 2.18. The Bertz CT molecular complexity index is 172. The number of aliphatic carboxylic acids is 2. The minimum atomic E-state index is -1.24. The van der Waals surface area contributed by atoms with Gasteiger partial charge in [-0.1, -0.05) is 0 Å². The summed E-state index contributed by atoms with van der Waals surface area (Å²) in [5, 5.41) is 16.1. The summed E-state index contributed by atoms with van der Waals surface area (Å²) >= 11 is 0. The summed E-state index contributed by atoms with van der Waals surface area (Å²) in [5.41, 5.74) is -0.178. The van der Waals surface area contributed by atoms with Crippen molar-refractivity contribution in [2.24, 2.45) is 0 Å². The highest BCUT2D eigenvalue weighted by atomic mass is 79.9. The fraction of sp³-hybridized carbons (Fsp3) is 0.200. The van der Waals surface area contributed by atoms with Crippen molar-refractivity contribution in [3.63, 3.8) is 0 Å². The summed E-state index contributed by atoms with van der Waals surface area (Å²) < 4.78 is 0. The van der Waals surface area contributed by atoms with Crippen molar-refractivity contribution in [1.82, 2.24) is 0 Å². The van der Waals surface area contributed by atoms with Crippen LogP contribution in [0.2, 0.25) is 0 Å². The van der Waals surface area contributed by atoms with Crippen LogP contribution in [0.15, 0.2) is 11.6 Å². The van der Waals surface area contributed by atoms with Gasteiger partial charge in [0.15, 0.2) is 0 Å². The maximum Gasteiger partial charge on any atom is 0.331 e. The van der Waals surface area contributed by atoms with Crippen LogP contribution in [0.3, 0.4) is 0 Å². The molecule has 58 valence electrons. The molecule has 0 rings (SSSR count). The van der Waals surface area contributed by atoms with E-state index in [2.05, 4.69) is 0 Å². The molecule has 0 atom stereocenters. The van der Waals surface area contributed by atoms with E-state index in [0.717, 1.165) is 0 Å². The van der Waals surface area contributed by atoms with Gasteiger partial charge in [0.05, 0.1) is 0 Å². The zero-order valence-corrected chi connectivity index (χ0v) is 6.91. The Labute approximate surface area is 67.9 Å². The van der Waals surface area contributed by atoms with Gasteiger partial charge in [0, 0.05) is 11.6 Å². The van der Waals surface area contributed by atoms with Crippen molar-refractivity contribution in [2.45, 2.75) is 6.92 Å². The quantitative estimate of drug-likeness (QED) is 0.658. The van der Waals surface area contributed by atoms with Crippen molar-refractivity contribution in [1.29, 1.82) is 0 Å². The first-order valence-corrected chi connectivity index (χ1v) is 2.18. The molecule has 0 unspecified atom stereocenters. The Morgan fingerprint density at radius 3 is 1.80 bits per heavy atom. The van der Waals surface area contributed by atoms with E-state index in [-0.39, 0.29) is 22.6 Å². The SMILES string of the molecule is Br.CC(=CC(=O)O)C(=O)O. The van der Waals surface area contributed by atoms with E-state index in [4.69, 9.17) is 10.2 Å². The molecule has 0 aromatic rings. The maximum absolute atomic E-state index is 9.90. The molecule has 0 aliphatic heterocycles. The number of rotatable bonds is 2. The van der Waals surface area contributed by atoms with E-state index in [1.54, 1.807) is 0 Å². The highest BCUT2D eigenvalue weighted by Gasteiger charge is 2.00. The molecule has 0 saturated carbocycles. The van der Waals surface area contributed by atoms with Crippen LogP contribution in [0.4, 0.5) is 0 Å². The van der Waals surface area contributed by atoms with Crippen molar-refractivity contribution in [3.8, 4) is 0 Å². The molecule has 4 nitrogen and oxygen atoms in total. The van der Waals surface area contributed by atoms with E-state index in [9.17, 15) is 9.59 Å². The summed E-state index contributed by atoms with van der Waals surface area (Å²) in [7, 11) is 0. The van der Waals surface area contributed by atoms with Crippen molar-refractivity contribution in [2.75, 3.05) is 0 Å². The summed E-state index contributed by atoms with van der Waals surface area (Å²) in [6.07, 6.45) is 0.641. The third-order valence-corrected chi connectivity index (χ3v) is 0.677. The second kappa shape index (κ2) is 4.99. The van der Waals surface area contributed by atoms with Gasteiger partial charge in [-0.15, -0.1) is 17.0 Å². The van der Waals surface area contributed by atoms with E-state index in [1.165, 1.54) is 6.92 Å². The largest absolute Gasteiger partial charge is 0.478 e. The number of hydrogen-bond donors (Lipinski definition) is 2. The van der Waals surface area contributed by atoms with Gasteiger partial charge >= 0.3 is 11.9 Å². The van der Waals surface area contributed by atoms with Crippen LogP contribution in [0.25, 0.3) is 0 Å². The molecule has 10 heavy (non-hydrogen) atoms. The average molecular weight is 211 g/mol. The van der Waals surface area contributed by atoms with Crippen LogP contribution in [0.5, 0.6) is 0 Å². The van der Waals surface area contributed by atoms with Gasteiger partial charge in [-0.3, -0.25) is 0 Å². The lowest BCUT2D eigenvalue weighted by atomic mass is 10.3. The molecule has 5 heteroatoms. The highest BCUT2D eigenvalue weighted by molar-refractivity contribution is 8.93. The highest BCUT2D eigenvalue weighted by Crippen LogP contribution is 1.89. The molecule has 0 aliphatic carbocycles. The standard InChI is InChI=1S/C5H6O4.BrH/c1-3(5(8)9)2-4(6)7;/h2H,1H3,(H,6,7)(H,8,9);1H. The lowest BCUT2D eigenvalue weighted by molar-refractivity contribution is -0.135. The summed E-state index contributed by atoms with van der Waals surface area (Å²) in [6.45, 7) is 1.22. The fourth-order valence-corrected chi connectivity index (χ4v) is 0.247. The van der Waals surface area contributed by atoms with Gasteiger partial charge in [-0.25, -0.2) is 9.59 Å². The second-order valence-corrected chi connectivity index (χ2v) is 1.47. The molecular weight excluding hydrogens is 204 g/mol. The smallest absolute Gasteiger partial charge is 0.331 e. The third-order valence-electron chi connectivity index (χ3n) is 0.677. The minimum Gasteiger partial charge on any atom is -0.478 e. The molecule has 0 saturated heterocycles. The fourth-order valence-electron chi connectivity index (χ4n) is 0.247. The predicted molar refractivity (Wildman–Crippen MR) is 39.4 cm³/mol. The molecule has 0 amide bonds. The third kappa shape index (κ3) is 5.30. The van der Waals surface area contributed by atoms with Crippen molar-refractivity contribution in [3.05, 3.63) is 11.6 Å². The zero-order chi connectivity index (χ0) is 7.44. The molecule has 0 bridgehead atoms. The molecule has 2 N–H and O–H groups in total. The van der Waals surface area contributed by atoms with Gasteiger partial charge in [0.1, 0.15) is 0 Å². The summed E-state index contributed by atoms with van der Waals surface area (Å²) in [4.78, 5) is 19.7. The predicted octanol–water partition coefficient (Wildman–Crippen LogP) is 0.680. The van der Waals surface area contributed by atoms with E-state index >= 15 is 0 Å². The molecule has 0 spiro atoms. The molecule has 0 aromatic carbocycles. The number of hydrogen-bond acceptors (Lipinski definition) is 2. The van der Waals surface area contributed by atoms with Crippen LogP contribution in [-0.2, 0) is 9.59 Å². The van der Waals surface area contributed by atoms with Gasteiger partial charge < -0.3 is 10.2 Å². The molecular formula is C5H7BrO4. The second-order valence-electron chi connectivity index (χ2n) is 1.47.